The van der Waals surface area contributed by atoms with Crippen molar-refractivity contribution in [1.82, 2.24) is 0 Å². The van der Waals surface area contributed by atoms with Crippen molar-refractivity contribution in [2.75, 3.05) is 29.6 Å². The largest absolute Gasteiger partial charge is 0.491 e. The number of carbonyl (C=O) groups excluding carboxylic acids is 2. The lowest BCUT2D eigenvalue weighted by atomic mass is 9.99. The zero-order valence-corrected chi connectivity index (χ0v) is 23.6. The molecule has 4 aromatic rings. The average molecular weight is 582 g/mol. The summed E-state index contributed by atoms with van der Waals surface area (Å²) in [7, 11) is 0. The molecule has 5 N–H and O–H groups in total. The van der Waals surface area contributed by atoms with Crippen LogP contribution in [0.25, 0.3) is 0 Å². The van der Waals surface area contributed by atoms with Gasteiger partial charge in [-0.05, 0) is 61.4 Å². The van der Waals surface area contributed by atoms with E-state index in [1.165, 1.54) is 6.08 Å². The highest BCUT2D eigenvalue weighted by Gasteiger charge is 2.31. The van der Waals surface area contributed by atoms with Gasteiger partial charge in [0.1, 0.15) is 24.2 Å². The van der Waals surface area contributed by atoms with Crippen molar-refractivity contribution in [2.24, 2.45) is 0 Å². The van der Waals surface area contributed by atoms with Gasteiger partial charge < -0.3 is 30.4 Å². The Hall–Kier alpha value is -5.28. The fraction of sp³-hybridized carbons (Fsp3) is 0.176. The Morgan fingerprint density at radius 1 is 0.837 bits per heavy atom. The van der Waals surface area contributed by atoms with Crippen LogP contribution in [0.4, 0.5) is 21.9 Å². The maximum Gasteiger partial charge on any atom is 0.412 e. The van der Waals surface area contributed by atoms with Gasteiger partial charge in [-0.2, -0.15) is 0 Å². The first-order chi connectivity index (χ1) is 21.0. The van der Waals surface area contributed by atoms with Gasteiger partial charge in [-0.1, -0.05) is 72.8 Å². The van der Waals surface area contributed by atoms with Crippen molar-refractivity contribution in [3.05, 3.63) is 127 Å². The number of nitrogen functional groups attached to an aromatic ring is 1. The first kappa shape index (κ1) is 30.7. The average Bonchev–Trinajstić information content (AvgIpc) is 3.03. The lowest BCUT2D eigenvalue weighted by Crippen LogP contribution is -2.31. The van der Waals surface area contributed by atoms with Crippen LogP contribution in [0.3, 0.4) is 0 Å². The summed E-state index contributed by atoms with van der Waals surface area (Å²) < 4.78 is 18.2. The number of anilines is 3. The first-order valence-corrected chi connectivity index (χ1v) is 13.9. The summed E-state index contributed by atoms with van der Waals surface area (Å²) in [5.41, 5.74) is 8.07. The summed E-state index contributed by atoms with van der Waals surface area (Å²) in [5, 5.41) is 14.9. The maximum absolute atomic E-state index is 13.2. The van der Waals surface area contributed by atoms with E-state index in [0.29, 0.717) is 47.0 Å². The molecule has 9 heteroatoms. The van der Waals surface area contributed by atoms with Gasteiger partial charge in [-0.15, -0.1) is 0 Å². The molecule has 43 heavy (non-hydrogen) atoms. The van der Waals surface area contributed by atoms with Crippen LogP contribution in [0.15, 0.2) is 121 Å². The molecular formula is C34H35N3O6. The summed E-state index contributed by atoms with van der Waals surface area (Å²) in [5.74, 6) is 0.710. The van der Waals surface area contributed by atoms with E-state index in [1.807, 2.05) is 42.5 Å². The van der Waals surface area contributed by atoms with Gasteiger partial charge in [0.25, 0.3) is 0 Å². The van der Waals surface area contributed by atoms with Crippen molar-refractivity contribution in [3.63, 3.8) is 0 Å². The third-order valence-corrected chi connectivity index (χ3v) is 6.30. The number of nitrogens with two attached hydrogens (primary N) is 1. The van der Waals surface area contributed by atoms with Crippen LogP contribution in [0.5, 0.6) is 11.5 Å². The minimum absolute atomic E-state index is 0.0634. The topological polar surface area (TPSA) is 132 Å². The molecule has 0 bridgehead atoms. The molecule has 0 saturated heterocycles. The van der Waals surface area contributed by atoms with E-state index in [0.717, 1.165) is 0 Å². The normalized spacial score (nSPS) is 12.2. The van der Waals surface area contributed by atoms with Crippen molar-refractivity contribution in [2.45, 2.75) is 25.0 Å². The molecule has 0 radical (unpaired) electrons. The fourth-order valence-corrected chi connectivity index (χ4v) is 4.31. The minimum atomic E-state index is -0.912. The van der Waals surface area contributed by atoms with Crippen LogP contribution in [0.1, 0.15) is 24.5 Å². The van der Waals surface area contributed by atoms with Crippen molar-refractivity contribution >= 4 is 29.1 Å². The monoisotopic (exact) mass is 581 g/mol. The Morgan fingerprint density at radius 2 is 1.51 bits per heavy atom. The molecule has 0 aliphatic rings. The van der Waals surface area contributed by atoms with E-state index < -0.39 is 18.3 Å². The molecular weight excluding hydrogens is 546 g/mol. The Bertz CT molecular complexity index is 1480. The van der Waals surface area contributed by atoms with Crippen LogP contribution in [0, 0.1) is 0 Å². The van der Waals surface area contributed by atoms with Gasteiger partial charge in [0.2, 0.25) is 5.91 Å². The molecule has 4 rings (SSSR count). The zero-order valence-electron chi connectivity index (χ0n) is 23.6. The zero-order chi connectivity index (χ0) is 30.3. The smallest absolute Gasteiger partial charge is 0.412 e. The number of hydrogen-bond acceptors (Lipinski definition) is 7. The van der Waals surface area contributed by atoms with Crippen LogP contribution in [0.2, 0.25) is 0 Å². The van der Waals surface area contributed by atoms with Gasteiger partial charge in [-0.25, -0.2) is 4.79 Å². The van der Waals surface area contributed by atoms with E-state index in [2.05, 4.69) is 10.6 Å². The quantitative estimate of drug-likeness (QED) is 0.101. The van der Waals surface area contributed by atoms with Gasteiger partial charge in [0, 0.05) is 11.3 Å². The molecule has 0 heterocycles. The predicted molar refractivity (Wildman–Crippen MR) is 167 cm³/mol. The van der Waals surface area contributed by atoms with E-state index in [4.69, 9.17) is 19.9 Å². The van der Waals surface area contributed by atoms with Crippen molar-refractivity contribution in [1.29, 1.82) is 0 Å². The van der Waals surface area contributed by atoms with Gasteiger partial charge in [0.15, 0.2) is 6.10 Å². The van der Waals surface area contributed by atoms with E-state index >= 15 is 0 Å². The number of ether oxygens (including phenoxy) is 3. The van der Waals surface area contributed by atoms with Crippen molar-refractivity contribution in [3.8, 4) is 11.5 Å². The summed E-state index contributed by atoms with van der Waals surface area (Å²) in [4.78, 5) is 25.7. The number of aliphatic hydroxyl groups is 1. The van der Waals surface area contributed by atoms with Crippen LogP contribution < -0.4 is 25.8 Å². The Balaban J connectivity index is 1.58. The molecule has 4 aromatic carbocycles. The number of benzene rings is 4. The van der Waals surface area contributed by atoms with E-state index in [-0.39, 0.29) is 19.1 Å². The number of amides is 2. The standard InChI is InChI=1S/C34H35N3O6/c35-28-18-8-9-19-29(28)37-32(39)22-12-11-21-31(42-26-15-5-2-6-16-26)33(27-17-7-10-20-30(27)41-24-23-38)43-34(40)36-25-13-3-1-4-14-25/h1-10,12-20,22,31,33,38H,11,21,23-24,35H2,(H,36,40)(H,37,39)/b22-12+/t31-,33-/m1/s1. The minimum Gasteiger partial charge on any atom is -0.491 e. The second-order valence-electron chi connectivity index (χ2n) is 9.45. The second kappa shape index (κ2) is 16.2. The summed E-state index contributed by atoms with van der Waals surface area (Å²) >= 11 is 0. The third kappa shape index (κ3) is 9.65. The molecule has 0 aliphatic carbocycles. The molecule has 0 saturated carbocycles. The molecule has 0 fully saturated rings. The molecule has 0 spiro atoms. The van der Waals surface area contributed by atoms with E-state index in [9.17, 15) is 14.7 Å². The predicted octanol–water partition coefficient (Wildman–Crippen LogP) is 6.35. The lowest BCUT2D eigenvalue weighted by Gasteiger charge is -2.29. The number of aliphatic hydroxyl groups excluding tert-OH is 1. The number of allylic oxidation sites excluding steroid dienone is 1. The summed E-state index contributed by atoms with van der Waals surface area (Å²) in [6, 6.07) is 32.3. The molecule has 0 unspecified atom stereocenters. The summed E-state index contributed by atoms with van der Waals surface area (Å²) in [6.45, 7) is -0.117. The highest BCUT2D eigenvalue weighted by Crippen LogP contribution is 2.34. The number of carbonyl (C=O) groups is 2. The fourth-order valence-electron chi connectivity index (χ4n) is 4.31. The maximum atomic E-state index is 13.2. The third-order valence-electron chi connectivity index (χ3n) is 6.30. The number of rotatable bonds is 14. The number of nitrogens with one attached hydrogen (secondary N) is 2. The molecule has 9 nitrogen and oxygen atoms in total. The Labute approximate surface area is 250 Å². The Morgan fingerprint density at radius 3 is 2.26 bits per heavy atom. The highest BCUT2D eigenvalue weighted by atomic mass is 16.6. The van der Waals surface area contributed by atoms with Crippen LogP contribution >= 0.6 is 0 Å². The van der Waals surface area contributed by atoms with Crippen LogP contribution in [-0.4, -0.2) is 36.4 Å². The Kier molecular flexibility index (Phi) is 11.6. The highest BCUT2D eigenvalue weighted by molar-refractivity contribution is 6.01. The number of para-hydroxylation sites is 5. The van der Waals surface area contributed by atoms with Gasteiger partial charge >= 0.3 is 6.09 Å². The molecule has 2 atom stereocenters. The molecule has 0 aromatic heterocycles. The lowest BCUT2D eigenvalue weighted by molar-refractivity contribution is -0.111. The molecule has 222 valence electrons. The van der Waals surface area contributed by atoms with Gasteiger partial charge in [-0.3, -0.25) is 10.1 Å². The molecule has 0 aliphatic heterocycles. The van der Waals surface area contributed by atoms with Gasteiger partial charge in [0.05, 0.1) is 18.0 Å². The van der Waals surface area contributed by atoms with Crippen LogP contribution in [-0.2, 0) is 9.53 Å². The second-order valence-corrected chi connectivity index (χ2v) is 9.45. The van der Waals surface area contributed by atoms with Crippen molar-refractivity contribution < 1.29 is 28.9 Å². The summed E-state index contributed by atoms with van der Waals surface area (Å²) in [6.07, 6.45) is 1.70. The molecule has 2 amide bonds. The SMILES string of the molecule is Nc1ccccc1NC(=O)/C=C/CC[C@@H](Oc1ccccc1)[C@H](OC(=O)Nc1ccccc1)c1ccccc1OCCO. The first-order valence-electron chi connectivity index (χ1n) is 13.9. The van der Waals surface area contributed by atoms with E-state index in [1.54, 1.807) is 72.8 Å². The number of hydrogen-bond donors (Lipinski definition) is 4.